The lowest BCUT2D eigenvalue weighted by atomic mass is 9.85. The topological polar surface area (TPSA) is 63.4 Å². The molecule has 1 aliphatic rings. The summed E-state index contributed by atoms with van der Waals surface area (Å²) >= 11 is 0. The van der Waals surface area contributed by atoms with Crippen LogP contribution in [0, 0.1) is 5.82 Å². The van der Waals surface area contributed by atoms with E-state index >= 15 is 0 Å². The third-order valence-corrected chi connectivity index (χ3v) is 4.47. The van der Waals surface area contributed by atoms with E-state index in [1.54, 1.807) is 17.0 Å². The van der Waals surface area contributed by atoms with Crippen molar-refractivity contribution in [2.45, 2.75) is 31.7 Å². The van der Waals surface area contributed by atoms with E-state index < -0.39 is 0 Å². The third kappa shape index (κ3) is 3.02. The van der Waals surface area contributed by atoms with Gasteiger partial charge in [0.25, 0.3) is 0 Å². The van der Waals surface area contributed by atoms with Crippen LogP contribution in [0.3, 0.4) is 0 Å². The van der Waals surface area contributed by atoms with E-state index in [9.17, 15) is 14.0 Å². The number of benzene rings is 2. The molecule has 124 valence electrons. The van der Waals surface area contributed by atoms with E-state index in [2.05, 4.69) is 0 Å². The zero-order valence-electron chi connectivity index (χ0n) is 13.4. The average molecular weight is 326 g/mol. The van der Waals surface area contributed by atoms with Crippen molar-refractivity contribution in [1.82, 2.24) is 0 Å². The van der Waals surface area contributed by atoms with Gasteiger partial charge >= 0.3 is 0 Å². The van der Waals surface area contributed by atoms with Crippen LogP contribution in [0.5, 0.6) is 0 Å². The molecule has 4 nitrogen and oxygen atoms in total. The largest absolute Gasteiger partial charge is 0.369 e. The Morgan fingerprint density at radius 2 is 1.83 bits per heavy atom. The number of hydrogen-bond acceptors (Lipinski definition) is 2. The summed E-state index contributed by atoms with van der Waals surface area (Å²) in [7, 11) is 0. The number of fused-ring (bicyclic) bond motifs is 1. The Morgan fingerprint density at radius 3 is 2.50 bits per heavy atom. The quantitative estimate of drug-likeness (QED) is 0.942. The van der Waals surface area contributed by atoms with E-state index in [-0.39, 0.29) is 36.0 Å². The van der Waals surface area contributed by atoms with E-state index in [1.165, 1.54) is 12.1 Å². The number of nitrogens with two attached hydrogens (primary N) is 1. The number of para-hydroxylation sites is 1. The number of nitrogens with zero attached hydrogens (tertiary/aromatic N) is 1. The zero-order chi connectivity index (χ0) is 17.3. The lowest BCUT2D eigenvalue weighted by molar-refractivity contribution is -0.121. The van der Waals surface area contributed by atoms with E-state index in [0.717, 1.165) is 16.8 Å². The second kappa shape index (κ2) is 6.43. The average Bonchev–Trinajstić information content (AvgIpc) is 2.56. The summed E-state index contributed by atoms with van der Waals surface area (Å²) in [4.78, 5) is 26.3. The van der Waals surface area contributed by atoms with Gasteiger partial charge in [-0.25, -0.2) is 4.39 Å². The van der Waals surface area contributed by atoms with Crippen LogP contribution >= 0.6 is 0 Å². The fraction of sp³-hybridized carbons (Fsp3) is 0.263. The molecule has 2 amide bonds. The first-order valence-corrected chi connectivity index (χ1v) is 7.92. The third-order valence-electron chi connectivity index (χ3n) is 4.47. The van der Waals surface area contributed by atoms with Gasteiger partial charge in [-0.05, 0) is 42.7 Å². The summed E-state index contributed by atoms with van der Waals surface area (Å²) in [6.07, 6.45) is 0.682. The molecule has 0 unspecified atom stereocenters. The Morgan fingerprint density at radius 1 is 1.17 bits per heavy atom. The van der Waals surface area contributed by atoms with Gasteiger partial charge in [0.05, 0.1) is 12.3 Å². The molecular formula is C19H19FN2O2. The van der Waals surface area contributed by atoms with E-state index in [4.69, 9.17) is 5.73 Å². The summed E-state index contributed by atoms with van der Waals surface area (Å²) in [5.74, 6) is -1.16. The van der Waals surface area contributed by atoms with Gasteiger partial charge < -0.3 is 10.6 Å². The molecular weight excluding hydrogens is 307 g/mol. The lowest BCUT2D eigenvalue weighted by Crippen LogP contribution is -2.45. The highest BCUT2D eigenvalue weighted by Gasteiger charge is 2.35. The fourth-order valence-electron chi connectivity index (χ4n) is 3.32. The lowest BCUT2D eigenvalue weighted by Gasteiger charge is -2.38. The summed E-state index contributed by atoms with van der Waals surface area (Å²) in [5.41, 5.74) is 7.79. The Bertz CT molecular complexity index is 773. The molecule has 3 rings (SSSR count). The van der Waals surface area contributed by atoms with E-state index in [0.29, 0.717) is 6.42 Å². The molecule has 0 spiro atoms. The summed E-state index contributed by atoms with van der Waals surface area (Å²) < 4.78 is 13.0. The summed E-state index contributed by atoms with van der Waals surface area (Å²) in [5, 5.41) is 0. The summed E-state index contributed by atoms with van der Waals surface area (Å²) in [6, 6.07) is 13.1. The number of halogens is 1. The van der Waals surface area contributed by atoms with Crippen molar-refractivity contribution in [3.63, 3.8) is 0 Å². The predicted molar refractivity (Wildman–Crippen MR) is 90.0 cm³/mol. The highest BCUT2D eigenvalue weighted by molar-refractivity contribution is 5.98. The van der Waals surface area contributed by atoms with Gasteiger partial charge in [-0.2, -0.15) is 0 Å². The van der Waals surface area contributed by atoms with Crippen molar-refractivity contribution in [3.05, 3.63) is 65.5 Å². The van der Waals surface area contributed by atoms with Crippen molar-refractivity contribution < 1.29 is 14.0 Å². The highest BCUT2D eigenvalue weighted by atomic mass is 19.1. The number of carbonyl (C=O) groups is 2. The van der Waals surface area contributed by atoms with Gasteiger partial charge in [0, 0.05) is 11.7 Å². The van der Waals surface area contributed by atoms with Crippen LogP contribution in [-0.4, -0.2) is 17.9 Å². The molecule has 0 aromatic heterocycles. The number of primary amides is 1. The highest BCUT2D eigenvalue weighted by Crippen LogP contribution is 2.38. The maximum Gasteiger partial charge on any atom is 0.231 e. The number of anilines is 1. The minimum atomic E-state index is -0.383. The molecule has 2 aromatic carbocycles. The molecule has 24 heavy (non-hydrogen) atoms. The van der Waals surface area contributed by atoms with Gasteiger partial charge in [0.2, 0.25) is 11.8 Å². The molecule has 2 aromatic rings. The molecule has 0 fully saturated rings. The Kier molecular flexibility index (Phi) is 4.34. The Labute approximate surface area is 140 Å². The predicted octanol–water partition coefficient (Wildman–Crippen LogP) is 2.76. The maximum atomic E-state index is 13.0. The first-order valence-electron chi connectivity index (χ1n) is 7.92. The van der Waals surface area contributed by atoms with Gasteiger partial charge in [0.15, 0.2) is 0 Å². The van der Waals surface area contributed by atoms with Crippen LogP contribution < -0.4 is 10.6 Å². The van der Waals surface area contributed by atoms with Gasteiger partial charge in [-0.3, -0.25) is 9.59 Å². The molecule has 0 bridgehead atoms. The minimum absolute atomic E-state index is 0.0792. The summed E-state index contributed by atoms with van der Waals surface area (Å²) in [6.45, 7) is 1.91. The zero-order valence-corrected chi connectivity index (χ0v) is 13.4. The normalized spacial score (nSPS) is 19.7. The molecule has 0 aliphatic carbocycles. The van der Waals surface area contributed by atoms with Crippen LogP contribution in [0.2, 0.25) is 0 Å². The minimum Gasteiger partial charge on any atom is -0.369 e. The molecule has 2 N–H and O–H groups in total. The van der Waals surface area contributed by atoms with Crippen LogP contribution in [0.25, 0.3) is 0 Å². The number of rotatable bonds is 3. The first-order chi connectivity index (χ1) is 11.5. The smallest absolute Gasteiger partial charge is 0.231 e. The Balaban J connectivity index is 1.91. The molecule has 0 saturated heterocycles. The van der Waals surface area contributed by atoms with Crippen LogP contribution in [0.15, 0.2) is 48.5 Å². The van der Waals surface area contributed by atoms with Crippen LogP contribution in [-0.2, 0) is 16.0 Å². The SMILES string of the molecule is C[C@@H]1C[C@@H](C(N)=O)c2ccccc2N1C(=O)Cc1ccc(F)cc1. The van der Waals surface area contributed by atoms with Crippen LogP contribution in [0.1, 0.15) is 30.4 Å². The van der Waals surface area contributed by atoms with Gasteiger partial charge in [-0.15, -0.1) is 0 Å². The van der Waals surface area contributed by atoms with Crippen molar-refractivity contribution >= 4 is 17.5 Å². The van der Waals surface area contributed by atoms with Crippen molar-refractivity contribution in [3.8, 4) is 0 Å². The second-order valence-electron chi connectivity index (χ2n) is 6.17. The van der Waals surface area contributed by atoms with Crippen molar-refractivity contribution in [1.29, 1.82) is 0 Å². The van der Waals surface area contributed by atoms with Crippen molar-refractivity contribution in [2.24, 2.45) is 5.73 Å². The first kappa shape index (κ1) is 16.2. The van der Waals surface area contributed by atoms with Gasteiger partial charge in [0.1, 0.15) is 5.82 Å². The molecule has 2 atom stereocenters. The number of hydrogen-bond donors (Lipinski definition) is 1. The monoisotopic (exact) mass is 326 g/mol. The van der Waals surface area contributed by atoms with Crippen molar-refractivity contribution in [2.75, 3.05) is 4.90 Å². The Hall–Kier alpha value is -2.69. The maximum absolute atomic E-state index is 13.0. The molecule has 0 radical (unpaired) electrons. The van der Waals surface area contributed by atoms with E-state index in [1.807, 2.05) is 31.2 Å². The second-order valence-corrected chi connectivity index (χ2v) is 6.17. The number of carbonyl (C=O) groups excluding carboxylic acids is 2. The standard InChI is InChI=1S/C19H19FN2O2/c1-12-10-16(19(21)24)15-4-2-3-5-17(15)22(12)18(23)11-13-6-8-14(20)9-7-13/h2-9,12,16H,10-11H2,1H3,(H2,21,24)/t12-,16-/m1/s1. The molecule has 5 heteroatoms. The number of amides is 2. The van der Waals surface area contributed by atoms with Gasteiger partial charge in [-0.1, -0.05) is 30.3 Å². The molecule has 0 saturated carbocycles. The molecule has 1 heterocycles. The fourth-order valence-corrected chi connectivity index (χ4v) is 3.32. The van der Waals surface area contributed by atoms with Crippen LogP contribution in [0.4, 0.5) is 10.1 Å². The molecule has 1 aliphatic heterocycles.